The number of nitrogens with zero attached hydrogens (tertiary/aromatic N) is 1. The van der Waals surface area contributed by atoms with Crippen molar-refractivity contribution in [1.29, 1.82) is 0 Å². The van der Waals surface area contributed by atoms with Crippen LogP contribution in [0.2, 0.25) is 0 Å². The van der Waals surface area contributed by atoms with Gasteiger partial charge in [0.25, 0.3) is 11.8 Å². The number of anilines is 1. The van der Waals surface area contributed by atoms with Gasteiger partial charge in [-0.25, -0.2) is 4.90 Å². The SMILES string of the molecule is COc1ccccc1C1=C(SCc2ccco2)C(=O)N(c2ccc(C(C)(C)C)cc2)C1=O. The van der Waals surface area contributed by atoms with Gasteiger partial charge in [0.2, 0.25) is 0 Å². The average molecular weight is 448 g/mol. The number of rotatable bonds is 6. The molecular weight excluding hydrogens is 422 g/mol. The van der Waals surface area contributed by atoms with Crippen molar-refractivity contribution in [2.24, 2.45) is 0 Å². The zero-order valence-corrected chi connectivity index (χ0v) is 19.4. The maximum Gasteiger partial charge on any atom is 0.272 e. The van der Waals surface area contributed by atoms with E-state index in [1.807, 2.05) is 42.5 Å². The normalized spacial score (nSPS) is 14.4. The van der Waals surface area contributed by atoms with Crippen molar-refractivity contribution < 1.29 is 18.7 Å². The molecule has 0 bridgehead atoms. The van der Waals surface area contributed by atoms with Crippen molar-refractivity contribution in [1.82, 2.24) is 0 Å². The maximum absolute atomic E-state index is 13.6. The van der Waals surface area contributed by atoms with Crippen molar-refractivity contribution in [3.05, 3.63) is 88.7 Å². The van der Waals surface area contributed by atoms with Crippen molar-refractivity contribution in [2.75, 3.05) is 12.0 Å². The Hall–Kier alpha value is -3.25. The fourth-order valence-corrected chi connectivity index (χ4v) is 4.62. The van der Waals surface area contributed by atoms with Crippen LogP contribution in [0.5, 0.6) is 5.75 Å². The van der Waals surface area contributed by atoms with Gasteiger partial charge in [-0.1, -0.05) is 51.1 Å². The van der Waals surface area contributed by atoms with E-state index in [1.165, 1.54) is 16.7 Å². The molecule has 5 nitrogen and oxygen atoms in total. The Morgan fingerprint density at radius 1 is 0.938 bits per heavy atom. The molecule has 1 aromatic heterocycles. The van der Waals surface area contributed by atoms with Crippen molar-refractivity contribution in [3.8, 4) is 5.75 Å². The van der Waals surface area contributed by atoms with Crippen molar-refractivity contribution >= 4 is 34.8 Å². The number of amides is 2. The second kappa shape index (κ2) is 8.71. The Balaban J connectivity index is 1.75. The largest absolute Gasteiger partial charge is 0.496 e. The molecule has 0 saturated heterocycles. The van der Waals surface area contributed by atoms with Gasteiger partial charge in [0.15, 0.2) is 0 Å². The van der Waals surface area contributed by atoms with E-state index in [9.17, 15) is 9.59 Å². The van der Waals surface area contributed by atoms with E-state index in [0.717, 1.165) is 11.3 Å². The Labute approximate surface area is 192 Å². The van der Waals surface area contributed by atoms with Crippen LogP contribution in [-0.4, -0.2) is 18.9 Å². The van der Waals surface area contributed by atoms with Crippen LogP contribution in [0.25, 0.3) is 5.57 Å². The summed E-state index contributed by atoms with van der Waals surface area (Å²) in [6, 6.07) is 18.5. The van der Waals surface area contributed by atoms with Crippen molar-refractivity contribution in [3.63, 3.8) is 0 Å². The molecule has 0 aliphatic carbocycles. The lowest BCUT2D eigenvalue weighted by Crippen LogP contribution is -2.31. The lowest BCUT2D eigenvalue weighted by molar-refractivity contribution is -0.119. The second-order valence-corrected chi connectivity index (χ2v) is 9.50. The van der Waals surface area contributed by atoms with Gasteiger partial charge < -0.3 is 9.15 Å². The third-order valence-corrected chi connectivity index (χ3v) is 6.44. The van der Waals surface area contributed by atoms with Crippen LogP contribution in [0.15, 0.2) is 76.2 Å². The first-order valence-electron chi connectivity index (χ1n) is 10.3. The Bertz CT molecular complexity index is 1170. The highest BCUT2D eigenvalue weighted by atomic mass is 32.2. The van der Waals surface area contributed by atoms with E-state index < -0.39 is 0 Å². The van der Waals surface area contributed by atoms with E-state index in [-0.39, 0.29) is 17.2 Å². The predicted molar refractivity (Wildman–Crippen MR) is 128 cm³/mol. The van der Waals surface area contributed by atoms with Gasteiger partial charge in [-0.2, -0.15) is 0 Å². The van der Waals surface area contributed by atoms with E-state index in [1.54, 1.807) is 31.6 Å². The lowest BCUT2D eigenvalue weighted by atomic mass is 9.87. The molecule has 2 heterocycles. The fraction of sp³-hybridized carbons (Fsp3) is 0.231. The van der Waals surface area contributed by atoms with E-state index in [4.69, 9.17) is 9.15 Å². The summed E-state index contributed by atoms with van der Waals surface area (Å²) in [6.45, 7) is 6.37. The molecule has 0 saturated carbocycles. The third-order valence-electron chi connectivity index (χ3n) is 5.35. The van der Waals surface area contributed by atoms with Crippen LogP contribution in [0, 0.1) is 0 Å². The van der Waals surface area contributed by atoms with Gasteiger partial charge in [-0.05, 0) is 41.3 Å². The summed E-state index contributed by atoms with van der Waals surface area (Å²) < 4.78 is 10.9. The molecule has 0 spiro atoms. The standard InChI is InChI=1S/C26H25NO4S/c1-26(2,3)17-11-13-18(14-12-17)27-24(28)22(20-9-5-6-10-21(20)30-4)23(25(27)29)32-16-19-8-7-15-31-19/h5-15H,16H2,1-4H3. The molecule has 0 atom stereocenters. The Morgan fingerprint density at radius 3 is 2.28 bits per heavy atom. The zero-order chi connectivity index (χ0) is 22.9. The van der Waals surface area contributed by atoms with E-state index in [0.29, 0.717) is 33.2 Å². The summed E-state index contributed by atoms with van der Waals surface area (Å²) in [4.78, 5) is 28.7. The quantitative estimate of drug-likeness (QED) is 0.447. The van der Waals surface area contributed by atoms with Gasteiger partial charge in [-0.3, -0.25) is 9.59 Å². The van der Waals surface area contributed by atoms with Crippen LogP contribution in [0.3, 0.4) is 0 Å². The number of carbonyl (C=O) groups is 2. The highest BCUT2D eigenvalue weighted by molar-refractivity contribution is 8.03. The molecule has 1 aliphatic rings. The van der Waals surface area contributed by atoms with Crippen molar-refractivity contribution in [2.45, 2.75) is 31.9 Å². The molecule has 2 aromatic carbocycles. The summed E-state index contributed by atoms with van der Waals surface area (Å²) in [5.74, 6) is 1.03. The smallest absolute Gasteiger partial charge is 0.272 e. The number of hydrogen-bond acceptors (Lipinski definition) is 5. The molecule has 0 radical (unpaired) electrons. The first-order valence-corrected chi connectivity index (χ1v) is 11.3. The molecule has 32 heavy (non-hydrogen) atoms. The highest BCUT2D eigenvalue weighted by Crippen LogP contribution is 2.42. The Kier molecular flexibility index (Phi) is 5.98. The van der Waals surface area contributed by atoms with Gasteiger partial charge >= 0.3 is 0 Å². The number of imide groups is 1. The number of methoxy groups -OCH3 is 1. The van der Waals surface area contributed by atoms with Crippen LogP contribution < -0.4 is 9.64 Å². The van der Waals surface area contributed by atoms with E-state index >= 15 is 0 Å². The maximum atomic E-state index is 13.6. The molecule has 2 amide bonds. The highest BCUT2D eigenvalue weighted by Gasteiger charge is 2.41. The number of thioether (sulfide) groups is 1. The molecule has 4 rings (SSSR count). The minimum Gasteiger partial charge on any atom is -0.496 e. The first-order chi connectivity index (χ1) is 15.3. The monoisotopic (exact) mass is 447 g/mol. The van der Waals surface area contributed by atoms with Gasteiger partial charge in [0.05, 0.1) is 35.3 Å². The Morgan fingerprint density at radius 2 is 1.66 bits per heavy atom. The van der Waals surface area contributed by atoms with Crippen LogP contribution in [0.1, 0.15) is 37.7 Å². The molecular formula is C26H25NO4S. The van der Waals surface area contributed by atoms with Crippen LogP contribution in [0.4, 0.5) is 5.69 Å². The average Bonchev–Trinajstić information content (AvgIpc) is 3.37. The number of furan rings is 1. The summed E-state index contributed by atoms with van der Waals surface area (Å²) in [7, 11) is 1.55. The first kappa shape index (κ1) is 22.0. The summed E-state index contributed by atoms with van der Waals surface area (Å²) in [5, 5.41) is 0. The minimum absolute atomic E-state index is 0.0254. The van der Waals surface area contributed by atoms with Gasteiger partial charge in [0.1, 0.15) is 11.5 Å². The number of carbonyl (C=O) groups excluding carboxylic acids is 2. The molecule has 1 aliphatic heterocycles. The summed E-state index contributed by atoms with van der Waals surface area (Å²) >= 11 is 1.30. The number of para-hydroxylation sites is 1. The molecule has 3 aromatic rings. The molecule has 0 N–H and O–H groups in total. The van der Waals surface area contributed by atoms with Crippen LogP contribution in [-0.2, 0) is 20.8 Å². The molecule has 164 valence electrons. The minimum atomic E-state index is -0.357. The number of ether oxygens (including phenoxy) is 1. The number of benzene rings is 2. The molecule has 0 unspecified atom stereocenters. The second-order valence-electron chi connectivity index (χ2n) is 8.52. The third kappa shape index (κ3) is 4.10. The summed E-state index contributed by atoms with van der Waals surface area (Å²) in [5.41, 5.74) is 2.61. The van der Waals surface area contributed by atoms with E-state index in [2.05, 4.69) is 20.8 Å². The molecule has 6 heteroatoms. The molecule has 0 fully saturated rings. The van der Waals surface area contributed by atoms with Gasteiger partial charge in [-0.15, -0.1) is 11.8 Å². The van der Waals surface area contributed by atoms with Crippen LogP contribution >= 0.6 is 11.8 Å². The zero-order valence-electron chi connectivity index (χ0n) is 18.5. The predicted octanol–water partition coefficient (Wildman–Crippen LogP) is 5.80. The fourth-order valence-electron chi connectivity index (χ4n) is 3.62. The number of hydrogen-bond donors (Lipinski definition) is 0. The lowest BCUT2D eigenvalue weighted by Gasteiger charge is -2.21. The van der Waals surface area contributed by atoms with Gasteiger partial charge in [0, 0.05) is 5.56 Å². The topological polar surface area (TPSA) is 59.8 Å². The summed E-state index contributed by atoms with van der Waals surface area (Å²) in [6.07, 6.45) is 1.59.